The van der Waals surface area contributed by atoms with Gasteiger partial charge in [-0.1, -0.05) is 6.07 Å². The van der Waals surface area contributed by atoms with E-state index in [-0.39, 0.29) is 15.7 Å². The maximum Gasteiger partial charge on any atom is 0.405 e. The van der Waals surface area contributed by atoms with Gasteiger partial charge in [-0.25, -0.2) is 0 Å². The summed E-state index contributed by atoms with van der Waals surface area (Å²) in [6, 6.07) is 8.85. The van der Waals surface area contributed by atoms with E-state index in [4.69, 9.17) is 0 Å². The van der Waals surface area contributed by atoms with Crippen LogP contribution in [0.2, 0.25) is 0 Å². The first kappa shape index (κ1) is 22.0. The molecule has 1 heterocycles. The maximum atomic E-state index is 12.6. The van der Waals surface area contributed by atoms with Gasteiger partial charge in [0, 0.05) is 31.2 Å². The largest absolute Gasteiger partial charge is 0.405 e. The van der Waals surface area contributed by atoms with Gasteiger partial charge < -0.3 is 16.0 Å². The number of halogens is 3. The van der Waals surface area contributed by atoms with E-state index in [1.54, 1.807) is 43.6 Å². The molecule has 0 bridgehead atoms. The van der Waals surface area contributed by atoms with Gasteiger partial charge in [-0.15, -0.1) is 11.3 Å². The number of amides is 1. The first-order chi connectivity index (χ1) is 13.7. The van der Waals surface area contributed by atoms with Crippen molar-refractivity contribution in [3.63, 3.8) is 0 Å². The minimum atomic E-state index is -4.61. The second-order valence-corrected chi connectivity index (χ2v) is 6.76. The van der Waals surface area contributed by atoms with Crippen LogP contribution in [-0.2, 0) is 11.3 Å². The Bertz CT molecular complexity index is 1110. The number of thiazole rings is 1. The van der Waals surface area contributed by atoms with Crippen molar-refractivity contribution in [2.45, 2.75) is 19.6 Å². The third kappa shape index (κ3) is 5.61. The lowest BCUT2D eigenvalue weighted by Gasteiger charge is -2.07. The number of hydrogen-bond donors (Lipinski definition) is 3. The highest BCUT2D eigenvalue weighted by molar-refractivity contribution is 7.07. The van der Waals surface area contributed by atoms with Crippen molar-refractivity contribution in [1.29, 1.82) is 5.26 Å². The highest BCUT2D eigenvalue weighted by atomic mass is 32.1. The number of anilines is 2. The molecular formula is C18H18F3N5O2S. The van der Waals surface area contributed by atoms with Crippen LogP contribution in [0.15, 0.2) is 29.1 Å². The summed E-state index contributed by atoms with van der Waals surface area (Å²) in [5.74, 6) is -1.19. The number of hydrogen-bond acceptors (Lipinski definition) is 6. The second kappa shape index (κ2) is 9.29. The number of carbonyl (C=O) groups is 1. The van der Waals surface area contributed by atoms with Crippen molar-refractivity contribution in [3.05, 3.63) is 43.8 Å². The number of carbonyl (C=O) groups excluding carboxylic acids is 1. The molecule has 11 heteroatoms. The van der Waals surface area contributed by atoms with E-state index in [0.717, 1.165) is 17.0 Å². The Morgan fingerprint density at radius 3 is 2.62 bits per heavy atom. The van der Waals surface area contributed by atoms with Crippen LogP contribution in [0.4, 0.5) is 24.5 Å². The maximum absolute atomic E-state index is 12.6. The average molecular weight is 425 g/mol. The first-order valence-electron chi connectivity index (χ1n) is 8.43. The lowest BCUT2D eigenvalue weighted by Crippen LogP contribution is -2.37. The Morgan fingerprint density at radius 1 is 1.34 bits per heavy atom. The standard InChI is InChI=1S/C18H18F3N5O2S/c1-3-26-16(28)14(9-24-12-6-4-5-11(7-12)23-2)29-17(26)13(8-22)15(27)25-10-18(19,20)21/h4-7,9,23-24H,3,10H2,1-2H3,(H,25,27)/b14-9+,17-13-. The molecule has 0 fully saturated rings. The summed E-state index contributed by atoms with van der Waals surface area (Å²) in [5, 5.41) is 16.9. The van der Waals surface area contributed by atoms with E-state index in [1.165, 1.54) is 10.8 Å². The van der Waals surface area contributed by atoms with Crippen LogP contribution in [-0.4, -0.2) is 30.2 Å². The quantitative estimate of drug-likeness (QED) is 0.646. The molecule has 0 unspecified atom stereocenters. The molecule has 2 aromatic rings. The van der Waals surface area contributed by atoms with Crippen molar-refractivity contribution < 1.29 is 18.0 Å². The SMILES string of the molecule is CCn1c(=O)/c(=C\Nc2cccc(NC)c2)s/c1=C(/C#N)C(=O)NCC(F)(F)F. The molecule has 29 heavy (non-hydrogen) atoms. The number of nitriles is 1. The van der Waals surface area contributed by atoms with Gasteiger partial charge in [0.15, 0.2) is 5.57 Å². The van der Waals surface area contributed by atoms with Gasteiger partial charge in [-0.2, -0.15) is 18.4 Å². The molecule has 0 spiro atoms. The molecular weight excluding hydrogens is 407 g/mol. The van der Waals surface area contributed by atoms with Crippen LogP contribution in [0.3, 0.4) is 0 Å². The number of aromatic nitrogens is 1. The summed E-state index contributed by atoms with van der Waals surface area (Å²) in [7, 11) is 1.76. The van der Waals surface area contributed by atoms with Crippen molar-refractivity contribution >= 4 is 40.4 Å². The molecule has 2 rings (SSSR count). The monoisotopic (exact) mass is 425 g/mol. The third-order valence-electron chi connectivity index (χ3n) is 3.75. The van der Waals surface area contributed by atoms with E-state index >= 15 is 0 Å². The number of nitrogens with one attached hydrogen (secondary N) is 3. The summed E-state index contributed by atoms with van der Waals surface area (Å²) in [5.41, 5.74) is 0.542. The van der Waals surface area contributed by atoms with Crippen LogP contribution in [0, 0.1) is 11.3 Å². The van der Waals surface area contributed by atoms with E-state index in [0.29, 0.717) is 5.69 Å². The zero-order valence-electron chi connectivity index (χ0n) is 15.6. The summed E-state index contributed by atoms with van der Waals surface area (Å²) in [6.45, 7) is 0.209. The molecule has 0 saturated carbocycles. The average Bonchev–Trinajstić information content (AvgIpc) is 3.00. The van der Waals surface area contributed by atoms with Crippen molar-refractivity contribution in [2.24, 2.45) is 0 Å². The highest BCUT2D eigenvalue weighted by Gasteiger charge is 2.28. The molecule has 1 aromatic carbocycles. The lowest BCUT2D eigenvalue weighted by atomic mass is 10.3. The summed E-state index contributed by atoms with van der Waals surface area (Å²) in [4.78, 5) is 24.6. The predicted octanol–water partition coefficient (Wildman–Crippen LogP) is 1.17. The van der Waals surface area contributed by atoms with Crippen LogP contribution in [0.25, 0.3) is 11.8 Å². The molecule has 1 amide bonds. The Labute approximate surface area is 167 Å². The molecule has 1 aromatic heterocycles. The van der Waals surface area contributed by atoms with Gasteiger partial charge in [0.05, 0.1) is 0 Å². The molecule has 7 nitrogen and oxygen atoms in total. The van der Waals surface area contributed by atoms with E-state index < -0.39 is 29.8 Å². The van der Waals surface area contributed by atoms with Gasteiger partial charge in [0.25, 0.3) is 11.5 Å². The number of benzene rings is 1. The van der Waals surface area contributed by atoms with Crippen molar-refractivity contribution in [2.75, 3.05) is 24.2 Å². The number of alkyl halides is 3. The van der Waals surface area contributed by atoms with Crippen molar-refractivity contribution in [3.8, 4) is 6.07 Å². The van der Waals surface area contributed by atoms with Crippen LogP contribution < -0.4 is 30.7 Å². The molecule has 0 aliphatic rings. The van der Waals surface area contributed by atoms with Gasteiger partial charge in [0.2, 0.25) is 0 Å². The Balaban J connectivity index is 2.48. The van der Waals surface area contributed by atoms with Crippen LogP contribution in [0.5, 0.6) is 0 Å². The second-order valence-electron chi connectivity index (χ2n) is 5.73. The van der Waals surface area contributed by atoms with Gasteiger partial charge in [-0.05, 0) is 25.1 Å². The smallest absolute Gasteiger partial charge is 0.388 e. The number of nitrogens with zero attached hydrogens (tertiary/aromatic N) is 2. The summed E-state index contributed by atoms with van der Waals surface area (Å²) >= 11 is 0.849. The fourth-order valence-electron chi connectivity index (χ4n) is 2.37. The minimum Gasteiger partial charge on any atom is -0.388 e. The Hall–Kier alpha value is -3.26. The summed E-state index contributed by atoms with van der Waals surface area (Å²) in [6.07, 6.45) is -3.18. The topological polar surface area (TPSA) is 98.9 Å². The zero-order chi connectivity index (χ0) is 21.6. The van der Waals surface area contributed by atoms with E-state index in [1.807, 2.05) is 6.07 Å². The minimum absolute atomic E-state index is 0.00306. The molecule has 0 aliphatic carbocycles. The van der Waals surface area contributed by atoms with Gasteiger partial charge in [0.1, 0.15) is 21.8 Å². The van der Waals surface area contributed by atoms with E-state index in [9.17, 15) is 28.0 Å². The fraction of sp³-hybridized carbons (Fsp3) is 0.278. The molecule has 3 N–H and O–H groups in total. The van der Waals surface area contributed by atoms with Gasteiger partial charge in [-0.3, -0.25) is 14.2 Å². The zero-order valence-corrected chi connectivity index (χ0v) is 16.4. The van der Waals surface area contributed by atoms with E-state index in [2.05, 4.69) is 10.6 Å². The molecule has 0 atom stereocenters. The van der Waals surface area contributed by atoms with Gasteiger partial charge >= 0.3 is 6.18 Å². The van der Waals surface area contributed by atoms with Crippen molar-refractivity contribution in [1.82, 2.24) is 9.88 Å². The summed E-state index contributed by atoms with van der Waals surface area (Å²) < 4.78 is 38.4. The molecule has 154 valence electrons. The Morgan fingerprint density at radius 2 is 2.03 bits per heavy atom. The van der Waals surface area contributed by atoms with Crippen LogP contribution >= 0.6 is 11.3 Å². The highest BCUT2D eigenvalue weighted by Crippen LogP contribution is 2.14. The molecule has 0 saturated heterocycles. The Kier molecular flexibility index (Phi) is 7.06. The molecule has 0 radical (unpaired) electrons. The molecule has 0 aliphatic heterocycles. The fourth-order valence-corrected chi connectivity index (χ4v) is 3.46. The first-order valence-corrected chi connectivity index (χ1v) is 9.25. The third-order valence-corrected chi connectivity index (χ3v) is 4.88. The lowest BCUT2D eigenvalue weighted by molar-refractivity contribution is -0.135. The number of rotatable bonds is 6. The van der Waals surface area contributed by atoms with Crippen LogP contribution in [0.1, 0.15) is 6.92 Å². The normalized spacial score (nSPS) is 12.9. The predicted molar refractivity (Wildman–Crippen MR) is 106 cm³/mol.